The van der Waals surface area contributed by atoms with Crippen LogP contribution >= 0.6 is 0 Å². The van der Waals surface area contributed by atoms with Gasteiger partial charge in [-0.05, 0) is 78.4 Å². The summed E-state index contributed by atoms with van der Waals surface area (Å²) in [6.45, 7) is 0.381. The van der Waals surface area contributed by atoms with Gasteiger partial charge in [0.15, 0.2) is 0 Å². The lowest BCUT2D eigenvalue weighted by molar-refractivity contribution is -0.120. The van der Waals surface area contributed by atoms with Crippen molar-refractivity contribution in [2.75, 3.05) is 31.0 Å². The summed E-state index contributed by atoms with van der Waals surface area (Å²) in [6.07, 6.45) is 2.67. The summed E-state index contributed by atoms with van der Waals surface area (Å²) < 4.78 is 19.5. The molecule has 0 saturated carbocycles. The van der Waals surface area contributed by atoms with Gasteiger partial charge in [0.1, 0.15) is 11.6 Å². The lowest BCUT2D eigenvalue weighted by Gasteiger charge is -2.31. The molecule has 4 nitrogen and oxygen atoms in total. The van der Waals surface area contributed by atoms with Crippen LogP contribution in [0.1, 0.15) is 35.4 Å². The van der Waals surface area contributed by atoms with Gasteiger partial charge in [0, 0.05) is 25.5 Å². The Morgan fingerprint density at radius 3 is 2.50 bits per heavy atom. The largest absolute Gasteiger partial charge is 0.497 e. The summed E-state index contributed by atoms with van der Waals surface area (Å²) in [5.41, 5.74) is 4.86. The highest BCUT2D eigenvalue weighted by Crippen LogP contribution is 2.37. The van der Waals surface area contributed by atoms with Crippen LogP contribution in [-0.4, -0.2) is 27.1 Å². The van der Waals surface area contributed by atoms with Gasteiger partial charge in [0.2, 0.25) is 5.91 Å². The lowest BCUT2D eigenvalue weighted by Crippen LogP contribution is -2.36. The molecule has 1 aliphatic carbocycles. The molecule has 0 fully saturated rings. The third-order valence-corrected chi connectivity index (χ3v) is 6.14. The predicted octanol–water partition coefficient (Wildman–Crippen LogP) is 5.55. The van der Waals surface area contributed by atoms with Crippen LogP contribution in [0.25, 0.3) is 0 Å². The predicted molar refractivity (Wildman–Crippen MR) is 127 cm³/mol. The molecule has 5 heteroatoms. The second kappa shape index (κ2) is 9.43. The van der Waals surface area contributed by atoms with E-state index in [1.807, 2.05) is 55.4 Å². The Kier molecular flexibility index (Phi) is 6.45. The number of amides is 1. The molecule has 0 saturated heterocycles. The highest BCUT2D eigenvalue weighted by atomic mass is 19.1. The standard InChI is InChI=1S/C27H29FN2O2/c1-29(2)22-13-10-19(11-14-22)18-30(23-8-5-7-21(28)16-23)27(31)25-9-4-6-20-12-15-24(32-3)17-26(20)25/h5,7-8,10-17,25H,4,6,9,18H2,1-3H3. The molecule has 0 bridgehead atoms. The molecule has 1 atom stereocenters. The topological polar surface area (TPSA) is 32.8 Å². The third-order valence-electron chi connectivity index (χ3n) is 6.14. The highest BCUT2D eigenvalue weighted by molar-refractivity contribution is 5.98. The monoisotopic (exact) mass is 432 g/mol. The normalized spacial score (nSPS) is 15.1. The van der Waals surface area contributed by atoms with Crippen LogP contribution < -0.4 is 14.5 Å². The molecular formula is C27H29FN2O2. The van der Waals surface area contributed by atoms with Crippen molar-refractivity contribution in [2.45, 2.75) is 31.7 Å². The molecule has 166 valence electrons. The van der Waals surface area contributed by atoms with E-state index in [-0.39, 0.29) is 17.6 Å². The van der Waals surface area contributed by atoms with Gasteiger partial charge in [-0.3, -0.25) is 4.79 Å². The van der Waals surface area contributed by atoms with E-state index >= 15 is 0 Å². The Labute approximate surface area is 189 Å². The molecule has 0 heterocycles. The summed E-state index contributed by atoms with van der Waals surface area (Å²) in [6, 6.07) is 20.4. The number of carbonyl (C=O) groups excluding carboxylic acids is 1. The molecule has 0 aliphatic heterocycles. The van der Waals surface area contributed by atoms with E-state index in [4.69, 9.17) is 4.74 Å². The Bertz CT molecular complexity index is 1100. The summed E-state index contributed by atoms with van der Waals surface area (Å²) in [5.74, 6) is 0.105. The summed E-state index contributed by atoms with van der Waals surface area (Å²) in [4.78, 5) is 17.7. The molecule has 0 N–H and O–H groups in total. The summed E-state index contributed by atoms with van der Waals surface area (Å²) in [7, 11) is 5.62. The van der Waals surface area contributed by atoms with Crippen molar-refractivity contribution in [3.63, 3.8) is 0 Å². The Balaban J connectivity index is 1.70. The van der Waals surface area contributed by atoms with E-state index in [2.05, 4.69) is 6.07 Å². The van der Waals surface area contributed by atoms with Crippen LogP contribution in [0.15, 0.2) is 66.7 Å². The van der Waals surface area contributed by atoms with E-state index in [1.54, 1.807) is 24.1 Å². The Hall–Kier alpha value is -3.34. The fraction of sp³-hybridized carbons (Fsp3) is 0.296. The number of fused-ring (bicyclic) bond motifs is 1. The molecule has 0 spiro atoms. The summed E-state index contributed by atoms with van der Waals surface area (Å²) >= 11 is 0. The van der Waals surface area contributed by atoms with Gasteiger partial charge < -0.3 is 14.5 Å². The van der Waals surface area contributed by atoms with Crippen molar-refractivity contribution < 1.29 is 13.9 Å². The third kappa shape index (κ3) is 4.62. The fourth-order valence-electron chi connectivity index (χ4n) is 4.37. The zero-order chi connectivity index (χ0) is 22.7. The number of hydrogen-bond acceptors (Lipinski definition) is 3. The second-order valence-electron chi connectivity index (χ2n) is 8.47. The molecular weight excluding hydrogens is 403 g/mol. The fourth-order valence-corrected chi connectivity index (χ4v) is 4.37. The number of methoxy groups -OCH3 is 1. The molecule has 3 aromatic carbocycles. The number of ether oxygens (including phenoxy) is 1. The first-order chi connectivity index (χ1) is 15.5. The maximum Gasteiger partial charge on any atom is 0.234 e. The van der Waals surface area contributed by atoms with Gasteiger partial charge in [-0.25, -0.2) is 4.39 Å². The van der Waals surface area contributed by atoms with Crippen molar-refractivity contribution in [3.05, 3.63) is 89.2 Å². The minimum absolute atomic E-state index is 0.0125. The van der Waals surface area contributed by atoms with Gasteiger partial charge in [-0.1, -0.05) is 24.3 Å². The van der Waals surface area contributed by atoms with E-state index < -0.39 is 0 Å². The maximum absolute atomic E-state index is 14.1. The molecule has 1 aliphatic rings. The molecule has 4 rings (SSSR count). The van der Waals surface area contributed by atoms with E-state index in [0.29, 0.717) is 12.2 Å². The van der Waals surface area contributed by atoms with Crippen LogP contribution in [0.3, 0.4) is 0 Å². The zero-order valence-electron chi connectivity index (χ0n) is 18.8. The van der Waals surface area contributed by atoms with Gasteiger partial charge in [0.05, 0.1) is 19.6 Å². The number of anilines is 2. The van der Waals surface area contributed by atoms with Crippen LogP contribution in [0.4, 0.5) is 15.8 Å². The van der Waals surface area contributed by atoms with E-state index in [1.165, 1.54) is 17.7 Å². The van der Waals surface area contributed by atoms with E-state index in [0.717, 1.165) is 41.8 Å². The minimum atomic E-state index is -0.353. The number of nitrogens with zero attached hydrogens (tertiary/aromatic N) is 2. The number of hydrogen-bond donors (Lipinski definition) is 0. The first-order valence-corrected chi connectivity index (χ1v) is 11.0. The van der Waals surface area contributed by atoms with Crippen LogP contribution in [0, 0.1) is 5.82 Å². The van der Waals surface area contributed by atoms with Crippen LogP contribution in [0.5, 0.6) is 5.75 Å². The van der Waals surface area contributed by atoms with Gasteiger partial charge in [0.25, 0.3) is 0 Å². The lowest BCUT2D eigenvalue weighted by atomic mass is 9.81. The van der Waals surface area contributed by atoms with Gasteiger partial charge in [-0.15, -0.1) is 0 Å². The number of rotatable bonds is 6. The number of halogens is 1. The quantitative estimate of drug-likeness (QED) is 0.512. The maximum atomic E-state index is 14.1. The van der Waals surface area contributed by atoms with Crippen molar-refractivity contribution in [1.82, 2.24) is 0 Å². The van der Waals surface area contributed by atoms with Crippen LogP contribution in [-0.2, 0) is 17.8 Å². The summed E-state index contributed by atoms with van der Waals surface area (Å²) in [5, 5.41) is 0. The average molecular weight is 433 g/mol. The van der Waals surface area contributed by atoms with Gasteiger partial charge in [-0.2, -0.15) is 0 Å². The smallest absolute Gasteiger partial charge is 0.234 e. The van der Waals surface area contributed by atoms with Crippen molar-refractivity contribution in [2.24, 2.45) is 0 Å². The van der Waals surface area contributed by atoms with E-state index in [9.17, 15) is 9.18 Å². The Morgan fingerprint density at radius 2 is 1.81 bits per heavy atom. The number of carbonyl (C=O) groups is 1. The zero-order valence-corrected chi connectivity index (χ0v) is 18.8. The molecule has 1 unspecified atom stereocenters. The first-order valence-electron chi connectivity index (χ1n) is 11.0. The van der Waals surface area contributed by atoms with Crippen molar-refractivity contribution in [3.8, 4) is 5.75 Å². The number of aryl methyl sites for hydroxylation is 1. The molecule has 32 heavy (non-hydrogen) atoms. The van der Waals surface area contributed by atoms with Crippen LogP contribution in [0.2, 0.25) is 0 Å². The average Bonchev–Trinajstić information content (AvgIpc) is 2.81. The Morgan fingerprint density at radius 1 is 1.03 bits per heavy atom. The first kappa shape index (κ1) is 21.9. The van der Waals surface area contributed by atoms with Crippen molar-refractivity contribution in [1.29, 1.82) is 0 Å². The minimum Gasteiger partial charge on any atom is -0.497 e. The van der Waals surface area contributed by atoms with Crippen molar-refractivity contribution >= 4 is 17.3 Å². The molecule has 0 aromatic heterocycles. The van der Waals surface area contributed by atoms with Gasteiger partial charge >= 0.3 is 0 Å². The highest BCUT2D eigenvalue weighted by Gasteiger charge is 2.31. The molecule has 1 amide bonds. The molecule has 0 radical (unpaired) electrons. The second-order valence-corrected chi connectivity index (χ2v) is 8.47. The molecule has 3 aromatic rings. The SMILES string of the molecule is COc1ccc2c(c1)C(C(=O)N(Cc1ccc(N(C)C)cc1)c1cccc(F)c1)CCC2. The number of benzene rings is 3.